The van der Waals surface area contributed by atoms with Crippen LogP contribution in [0.3, 0.4) is 0 Å². The lowest BCUT2D eigenvalue weighted by Crippen LogP contribution is -2.56. The summed E-state index contributed by atoms with van der Waals surface area (Å²) in [5, 5.41) is 10.8. The quantitative estimate of drug-likeness (QED) is 0.762. The molecule has 6 heteroatoms. The molecule has 0 bridgehead atoms. The molecule has 0 heterocycles. The average molecular weight is 425 g/mol. The molecule has 1 aromatic carbocycles. The van der Waals surface area contributed by atoms with Crippen molar-refractivity contribution in [3.63, 3.8) is 0 Å². The lowest BCUT2D eigenvalue weighted by atomic mass is 9.46. The van der Waals surface area contributed by atoms with E-state index in [1.807, 2.05) is 6.92 Å². The van der Waals surface area contributed by atoms with E-state index >= 15 is 0 Å². The Bertz CT molecular complexity index is 825. The molecule has 1 N–H and O–H groups in total. The average Bonchev–Trinajstić information content (AvgIpc) is 2.66. The molecule has 1 aromatic rings. The minimum Gasteiger partial charge on any atom is -0.497 e. The summed E-state index contributed by atoms with van der Waals surface area (Å²) in [6.45, 7) is 8.82. The van der Waals surface area contributed by atoms with Gasteiger partial charge in [0.2, 0.25) is 0 Å². The van der Waals surface area contributed by atoms with Crippen LogP contribution in [0.5, 0.6) is 11.5 Å². The van der Waals surface area contributed by atoms with Crippen molar-refractivity contribution in [1.29, 1.82) is 0 Å². The fourth-order valence-electron chi connectivity index (χ4n) is 6.16. The highest BCUT2D eigenvalue weighted by molar-refractivity contribution is 7.91. The van der Waals surface area contributed by atoms with Gasteiger partial charge in [0.15, 0.2) is 9.84 Å². The first-order valence-electron chi connectivity index (χ1n) is 10.6. The summed E-state index contributed by atoms with van der Waals surface area (Å²) in [5.74, 6) is 1.11. The summed E-state index contributed by atoms with van der Waals surface area (Å²) in [4.78, 5) is 0.219. The van der Waals surface area contributed by atoms with E-state index in [1.54, 1.807) is 18.2 Å². The Kier molecular flexibility index (Phi) is 6.00. The Balaban J connectivity index is 2.00. The molecular formula is C23H36O5S. The molecule has 2 saturated carbocycles. The smallest absolute Gasteiger partial charge is 0.178 e. The monoisotopic (exact) mass is 424 g/mol. The fourth-order valence-corrected chi connectivity index (χ4v) is 8.10. The Morgan fingerprint density at radius 1 is 1.07 bits per heavy atom. The summed E-state index contributed by atoms with van der Waals surface area (Å²) >= 11 is 0. The summed E-state index contributed by atoms with van der Waals surface area (Å²) in [6.07, 6.45) is 3.53. The minimum atomic E-state index is -3.58. The standard InChI is InChI=1S/C23H36O5S/c1-15-19(23(4)9-7-8-22(2,3)21(23)13-20(15)24)14-29(25,26)18-11-16(27-5)10-17(12-18)28-6/h10-12,15,19-21,24H,7-9,13-14H2,1-6H3/t15?,19?,20?,21-,23+/m0/s1. The van der Waals surface area contributed by atoms with Gasteiger partial charge in [-0.3, -0.25) is 0 Å². The van der Waals surface area contributed by atoms with E-state index in [0.717, 1.165) is 25.7 Å². The number of hydrogen-bond acceptors (Lipinski definition) is 5. The SMILES string of the molecule is COc1cc(OC)cc(S(=O)(=O)CC2C(C)C(O)C[C@H]3C(C)(C)CCC[C@]23C)c1. The summed E-state index contributed by atoms with van der Waals surface area (Å²) in [6, 6.07) is 4.80. The second-order valence-corrected chi connectivity index (χ2v) is 12.0. The number of aliphatic hydroxyl groups excluding tert-OH is 1. The van der Waals surface area contributed by atoms with E-state index in [0.29, 0.717) is 17.4 Å². The largest absolute Gasteiger partial charge is 0.497 e. The molecule has 0 aliphatic heterocycles. The third-order valence-electron chi connectivity index (χ3n) is 7.92. The van der Waals surface area contributed by atoms with Crippen molar-refractivity contribution in [3.05, 3.63) is 18.2 Å². The van der Waals surface area contributed by atoms with E-state index in [-0.39, 0.29) is 33.3 Å². The van der Waals surface area contributed by atoms with Crippen LogP contribution in [0.4, 0.5) is 0 Å². The summed E-state index contributed by atoms with van der Waals surface area (Å²) < 4.78 is 37.5. The summed E-state index contributed by atoms with van der Waals surface area (Å²) in [5.41, 5.74) is 0.00569. The van der Waals surface area contributed by atoms with Gasteiger partial charge in [-0.1, -0.05) is 34.1 Å². The van der Waals surface area contributed by atoms with Gasteiger partial charge in [0.1, 0.15) is 11.5 Å². The number of rotatable bonds is 5. The van der Waals surface area contributed by atoms with Gasteiger partial charge >= 0.3 is 0 Å². The van der Waals surface area contributed by atoms with Crippen LogP contribution in [0.15, 0.2) is 23.1 Å². The van der Waals surface area contributed by atoms with Crippen molar-refractivity contribution in [2.45, 2.75) is 64.4 Å². The van der Waals surface area contributed by atoms with Crippen molar-refractivity contribution < 1.29 is 23.0 Å². The van der Waals surface area contributed by atoms with Crippen LogP contribution in [0.2, 0.25) is 0 Å². The molecule has 2 fully saturated rings. The number of sulfone groups is 1. The zero-order chi connectivity index (χ0) is 21.6. The number of hydrogen-bond donors (Lipinski definition) is 1. The van der Waals surface area contributed by atoms with Gasteiger partial charge in [-0.2, -0.15) is 0 Å². The van der Waals surface area contributed by atoms with Crippen molar-refractivity contribution in [1.82, 2.24) is 0 Å². The highest BCUT2D eigenvalue weighted by Gasteiger charge is 2.56. The van der Waals surface area contributed by atoms with E-state index in [1.165, 1.54) is 14.2 Å². The topological polar surface area (TPSA) is 72.8 Å². The third-order valence-corrected chi connectivity index (χ3v) is 9.68. The Labute approximate surface area is 175 Å². The zero-order valence-electron chi connectivity index (χ0n) is 18.6. The fraction of sp³-hybridized carbons (Fsp3) is 0.739. The first-order valence-corrected chi connectivity index (χ1v) is 12.2. The van der Waals surface area contributed by atoms with Gasteiger partial charge in [-0.05, 0) is 60.0 Å². The van der Waals surface area contributed by atoms with Crippen molar-refractivity contribution in [2.24, 2.45) is 28.6 Å². The Morgan fingerprint density at radius 3 is 2.21 bits per heavy atom. The molecule has 0 amide bonds. The van der Waals surface area contributed by atoms with Crippen LogP contribution in [0.1, 0.15) is 53.4 Å². The molecule has 164 valence electrons. The van der Waals surface area contributed by atoms with E-state index in [4.69, 9.17) is 9.47 Å². The van der Waals surface area contributed by atoms with E-state index in [9.17, 15) is 13.5 Å². The molecule has 2 aliphatic rings. The van der Waals surface area contributed by atoms with Gasteiger partial charge in [0.05, 0.1) is 31.0 Å². The molecule has 0 spiro atoms. The highest BCUT2D eigenvalue weighted by atomic mass is 32.2. The number of fused-ring (bicyclic) bond motifs is 1. The van der Waals surface area contributed by atoms with Crippen molar-refractivity contribution >= 4 is 9.84 Å². The van der Waals surface area contributed by atoms with E-state index in [2.05, 4.69) is 20.8 Å². The van der Waals surface area contributed by atoms with Gasteiger partial charge < -0.3 is 14.6 Å². The molecule has 5 nitrogen and oxygen atoms in total. The van der Waals surface area contributed by atoms with Crippen LogP contribution in [0, 0.1) is 28.6 Å². The highest BCUT2D eigenvalue weighted by Crippen LogP contribution is 2.61. The molecule has 29 heavy (non-hydrogen) atoms. The molecule has 0 saturated heterocycles. The maximum absolute atomic E-state index is 13.5. The number of ether oxygens (including phenoxy) is 2. The molecule has 2 aliphatic carbocycles. The van der Waals surface area contributed by atoms with Gasteiger partial charge in [0, 0.05) is 6.07 Å². The van der Waals surface area contributed by atoms with Crippen molar-refractivity contribution in [3.8, 4) is 11.5 Å². The van der Waals surface area contributed by atoms with Crippen LogP contribution < -0.4 is 9.47 Å². The van der Waals surface area contributed by atoms with Crippen LogP contribution in [-0.2, 0) is 9.84 Å². The van der Waals surface area contributed by atoms with Crippen molar-refractivity contribution in [2.75, 3.05) is 20.0 Å². The van der Waals surface area contributed by atoms with Crippen LogP contribution in [0.25, 0.3) is 0 Å². The zero-order valence-corrected chi connectivity index (χ0v) is 19.4. The molecule has 3 unspecified atom stereocenters. The van der Waals surface area contributed by atoms with Crippen LogP contribution >= 0.6 is 0 Å². The van der Waals surface area contributed by atoms with Gasteiger partial charge in [0.25, 0.3) is 0 Å². The lowest BCUT2D eigenvalue weighted by Gasteiger charge is -2.60. The third kappa shape index (κ3) is 4.02. The first-order chi connectivity index (χ1) is 13.4. The van der Waals surface area contributed by atoms with Gasteiger partial charge in [-0.15, -0.1) is 0 Å². The number of benzene rings is 1. The Hall–Kier alpha value is -1.27. The number of methoxy groups -OCH3 is 2. The molecule has 3 rings (SSSR count). The molecular weight excluding hydrogens is 388 g/mol. The lowest BCUT2D eigenvalue weighted by molar-refractivity contribution is -0.132. The first kappa shape index (κ1) is 22.4. The second-order valence-electron chi connectivity index (χ2n) is 10.00. The predicted molar refractivity (Wildman–Crippen MR) is 114 cm³/mol. The molecule has 0 aromatic heterocycles. The van der Waals surface area contributed by atoms with Gasteiger partial charge in [-0.25, -0.2) is 8.42 Å². The summed E-state index contributed by atoms with van der Waals surface area (Å²) in [7, 11) is -0.550. The second kappa shape index (κ2) is 7.77. The normalized spacial score (nSPS) is 34.3. The maximum atomic E-state index is 13.5. The van der Waals surface area contributed by atoms with Crippen LogP contribution in [-0.4, -0.2) is 39.6 Å². The molecule has 0 radical (unpaired) electrons. The van der Waals surface area contributed by atoms with E-state index < -0.39 is 15.9 Å². The minimum absolute atomic E-state index is 0.0324. The molecule has 5 atom stereocenters. The predicted octanol–water partition coefficient (Wildman–Crippen LogP) is 4.33. The maximum Gasteiger partial charge on any atom is 0.178 e. The Morgan fingerprint density at radius 2 is 1.66 bits per heavy atom. The number of aliphatic hydroxyl groups is 1.